The van der Waals surface area contributed by atoms with Crippen molar-refractivity contribution in [3.63, 3.8) is 0 Å². The van der Waals surface area contributed by atoms with Gasteiger partial charge in [-0.05, 0) is 50.1 Å². The first-order valence-electron chi connectivity index (χ1n) is 9.76. The van der Waals surface area contributed by atoms with Crippen molar-refractivity contribution >= 4 is 27.7 Å². The van der Waals surface area contributed by atoms with Crippen LogP contribution in [0.2, 0.25) is 0 Å². The van der Waals surface area contributed by atoms with Gasteiger partial charge in [0.05, 0.1) is 13.2 Å². The number of ether oxygens (including phenoxy) is 1. The summed E-state index contributed by atoms with van der Waals surface area (Å²) < 4.78 is 6.30. The van der Waals surface area contributed by atoms with Crippen molar-refractivity contribution in [3.05, 3.63) is 34.3 Å². The van der Waals surface area contributed by atoms with E-state index in [9.17, 15) is 9.59 Å². The summed E-state index contributed by atoms with van der Waals surface area (Å²) >= 11 is 3.39. The summed E-state index contributed by atoms with van der Waals surface area (Å²) in [5.74, 6) is 0.196. The first-order chi connectivity index (χ1) is 13.1. The van der Waals surface area contributed by atoms with E-state index in [0.717, 1.165) is 56.6 Å². The zero-order chi connectivity index (χ0) is 19.1. The van der Waals surface area contributed by atoms with E-state index in [1.54, 1.807) is 0 Å². The minimum atomic E-state index is 0.0161. The van der Waals surface area contributed by atoms with Crippen LogP contribution in [0.5, 0.6) is 0 Å². The average Bonchev–Trinajstić information content (AvgIpc) is 2.72. The number of piperidine rings is 1. The van der Waals surface area contributed by atoms with Gasteiger partial charge in [0.2, 0.25) is 5.91 Å². The van der Waals surface area contributed by atoms with E-state index in [1.165, 1.54) is 0 Å². The normalized spacial score (nSPS) is 19.1. The molecule has 1 aromatic rings. The number of carbonyl (C=O) groups is 2. The van der Waals surface area contributed by atoms with Crippen LogP contribution in [-0.4, -0.2) is 74.1 Å². The number of nitrogens with zero attached hydrogens (tertiary/aromatic N) is 2. The second kappa shape index (κ2) is 10.2. The summed E-state index contributed by atoms with van der Waals surface area (Å²) in [6, 6.07) is 7.42. The monoisotopic (exact) mass is 437 g/mol. The van der Waals surface area contributed by atoms with Crippen LogP contribution >= 0.6 is 15.9 Å². The van der Waals surface area contributed by atoms with Crippen molar-refractivity contribution in [2.75, 3.05) is 52.5 Å². The van der Waals surface area contributed by atoms with Gasteiger partial charge < -0.3 is 15.0 Å². The van der Waals surface area contributed by atoms with Crippen LogP contribution < -0.4 is 5.32 Å². The molecule has 7 heteroatoms. The molecule has 1 N–H and O–H groups in total. The zero-order valence-electron chi connectivity index (χ0n) is 15.7. The van der Waals surface area contributed by atoms with Gasteiger partial charge in [-0.1, -0.05) is 15.9 Å². The summed E-state index contributed by atoms with van der Waals surface area (Å²) in [5, 5.41) is 3.07. The quantitative estimate of drug-likeness (QED) is 0.692. The third kappa shape index (κ3) is 6.02. The molecule has 3 rings (SSSR count). The minimum Gasteiger partial charge on any atom is -0.379 e. The highest BCUT2D eigenvalue weighted by atomic mass is 79.9. The lowest BCUT2D eigenvalue weighted by Crippen LogP contribution is -2.43. The van der Waals surface area contributed by atoms with Crippen molar-refractivity contribution in [1.29, 1.82) is 0 Å². The largest absolute Gasteiger partial charge is 0.379 e. The van der Waals surface area contributed by atoms with Crippen molar-refractivity contribution in [2.45, 2.75) is 19.3 Å². The van der Waals surface area contributed by atoms with Crippen molar-refractivity contribution < 1.29 is 14.3 Å². The molecule has 0 saturated carbocycles. The van der Waals surface area contributed by atoms with Crippen molar-refractivity contribution in [2.24, 2.45) is 5.92 Å². The van der Waals surface area contributed by atoms with Crippen LogP contribution in [0.15, 0.2) is 28.7 Å². The molecular weight excluding hydrogens is 410 g/mol. The van der Waals surface area contributed by atoms with Crippen LogP contribution in [0, 0.1) is 5.92 Å². The predicted octanol–water partition coefficient (Wildman–Crippen LogP) is 2.14. The number of amides is 2. The van der Waals surface area contributed by atoms with Crippen LogP contribution in [0.25, 0.3) is 0 Å². The van der Waals surface area contributed by atoms with Gasteiger partial charge in [-0.3, -0.25) is 14.5 Å². The number of rotatable bonds is 6. The Morgan fingerprint density at radius 3 is 2.41 bits per heavy atom. The van der Waals surface area contributed by atoms with E-state index in [-0.39, 0.29) is 17.7 Å². The van der Waals surface area contributed by atoms with Gasteiger partial charge in [-0.15, -0.1) is 0 Å². The molecule has 0 unspecified atom stereocenters. The molecule has 2 heterocycles. The number of hydrogen-bond donors (Lipinski definition) is 1. The molecule has 2 saturated heterocycles. The summed E-state index contributed by atoms with van der Waals surface area (Å²) in [7, 11) is 0. The smallest absolute Gasteiger partial charge is 0.253 e. The van der Waals surface area contributed by atoms with Gasteiger partial charge in [0.15, 0.2) is 0 Å². The Bertz CT molecular complexity index is 624. The highest BCUT2D eigenvalue weighted by molar-refractivity contribution is 9.10. The number of benzene rings is 1. The molecule has 0 atom stereocenters. The van der Waals surface area contributed by atoms with E-state index in [4.69, 9.17) is 4.74 Å². The summed E-state index contributed by atoms with van der Waals surface area (Å²) in [6.45, 7) is 6.59. The van der Waals surface area contributed by atoms with Gasteiger partial charge in [-0.25, -0.2) is 0 Å². The highest BCUT2D eigenvalue weighted by Gasteiger charge is 2.27. The first kappa shape index (κ1) is 20.3. The summed E-state index contributed by atoms with van der Waals surface area (Å²) in [4.78, 5) is 29.2. The lowest BCUT2D eigenvalue weighted by molar-refractivity contribution is -0.126. The molecule has 2 amide bonds. The fourth-order valence-corrected chi connectivity index (χ4v) is 3.87. The van der Waals surface area contributed by atoms with Gasteiger partial charge in [0.25, 0.3) is 5.91 Å². The van der Waals surface area contributed by atoms with E-state index >= 15 is 0 Å². The number of morpholine rings is 1. The number of hydrogen-bond acceptors (Lipinski definition) is 4. The van der Waals surface area contributed by atoms with Gasteiger partial charge >= 0.3 is 0 Å². The number of likely N-dealkylation sites (tertiary alicyclic amines) is 1. The molecule has 148 valence electrons. The number of carbonyl (C=O) groups excluding carboxylic acids is 2. The first-order valence-corrected chi connectivity index (χ1v) is 10.6. The van der Waals surface area contributed by atoms with Crippen molar-refractivity contribution in [1.82, 2.24) is 15.1 Å². The van der Waals surface area contributed by atoms with E-state index in [1.807, 2.05) is 29.2 Å². The maximum absolute atomic E-state index is 12.5. The molecule has 0 radical (unpaired) electrons. The predicted molar refractivity (Wildman–Crippen MR) is 108 cm³/mol. The minimum absolute atomic E-state index is 0.0161. The lowest BCUT2D eigenvalue weighted by Gasteiger charge is -2.31. The van der Waals surface area contributed by atoms with Gasteiger partial charge in [-0.2, -0.15) is 0 Å². The maximum Gasteiger partial charge on any atom is 0.253 e. The van der Waals surface area contributed by atoms with Crippen LogP contribution in [0.4, 0.5) is 0 Å². The molecule has 6 nitrogen and oxygen atoms in total. The van der Waals surface area contributed by atoms with Crippen LogP contribution in [0.3, 0.4) is 0 Å². The second-order valence-electron chi connectivity index (χ2n) is 7.17. The molecule has 2 fully saturated rings. The molecule has 0 bridgehead atoms. The molecule has 2 aliphatic heterocycles. The SMILES string of the molecule is O=C(NCCCN1CCOCC1)C1CCN(C(=O)c2ccc(Br)cc2)CC1. The third-order valence-electron chi connectivity index (χ3n) is 5.30. The molecule has 1 aromatic carbocycles. The zero-order valence-corrected chi connectivity index (χ0v) is 17.2. The van der Waals surface area contributed by atoms with Gasteiger partial charge in [0.1, 0.15) is 0 Å². The summed E-state index contributed by atoms with van der Waals surface area (Å²) in [6.07, 6.45) is 2.43. The Morgan fingerprint density at radius 2 is 1.74 bits per heavy atom. The van der Waals surface area contributed by atoms with E-state index < -0.39 is 0 Å². The van der Waals surface area contributed by atoms with Crippen LogP contribution in [0.1, 0.15) is 29.6 Å². The fraction of sp³-hybridized carbons (Fsp3) is 0.600. The molecule has 2 aliphatic rings. The summed E-state index contributed by atoms with van der Waals surface area (Å²) in [5.41, 5.74) is 0.698. The van der Waals surface area contributed by atoms with Crippen LogP contribution in [-0.2, 0) is 9.53 Å². The lowest BCUT2D eigenvalue weighted by atomic mass is 9.95. The molecule has 27 heavy (non-hydrogen) atoms. The average molecular weight is 438 g/mol. The van der Waals surface area contributed by atoms with E-state index in [0.29, 0.717) is 25.2 Å². The maximum atomic E-state index is 12.5. The Hall–Kier alpha value is -1.44. The van der Waals surface area contributed by atoms with Crippen molar-refractivity contribution in [3.8, 4) is 0 Å². The highest BCUT2D eigenvalue weighted by Crippen LogP contribution is 2.20. The third-order valence-corrected chi connectivity index (χ3v) is 5.83. The Labute approximate surface area is 169 Å². The number of nitrogens with one attached hydrogen (secondary N) is 1. The Morgan fingerprint density at radius 1 is 1.07 bits per heavy atom. The number of halogens is 1. The molecule has 0 spiro atoms. The molecule has 0 aromatic heterocycles. The fourth-order valence-electron chi connectivity index (χ4n) is 3.60. The molecule has 0 aliphatic carbocycles. The molecular formula is C20H28BrN3O3. The Balaban J connectivity index is 1.35. The second-order valence-corrected chi connectivity index (χ2v) is 8.09. The standard InChI is InChI=1S/C20H28BrN3O3/c21-18-4-2-17(3-5-18)20(26)24-10-6-16(7-11-24)19(25)22-8-1-9-23-12-14-27-15-13-23/h2-5,16H,1,6-15H2,(H,22,25). The Kier molecular flexibility index (Phi) is 7.67. The van der Waals surface area contributed by atoms with Gasteiger partial charge in [0, 0.05) is 48.7 Å². The topological polar surface area (TPSA) is 61.9 Å². The van der Waals surface area contributed by atoms with E-state index in [2.05, 4.69) is 26.1 Å².